The second-order valence-electron chi connectivity index (χ2n) is 3.35. The van der Waals surface area contributed by atoms with Crippen molar-refractivity contribution in [1.82, 2.24) is 0 Å². The Hall–Kier alpha value is -0.830. The Morgan fingerprint density at radius 2 is 1.64 bits per heavy atom. The van der Waals surface area contributed by atoms with Crippen LogP contribution in [0.1, 0.15) is 44.9 Å². The molecule has 0 aromatic rings. The van der Waals surface area contributed by atoms with Crippen LogP contribution in [0, 0.1) is 0 Å². The monoisotopic (exact) mass is 200 g/mol. The van der Waals surface area contributed by atoms with Gasteiger partial charge in [-0.25, -0.2) is 0 Å². The molecule has 0 fully saturated rings. The van der Waals surface area contributed by atoms with Gasteiger partial charge >= 0.3 is 5.97 Å². The number of hydrogen-bond donors (Lipinski definition) is 2. The lowest BCUT2D eigenvalue weighted by molar-refractivity contribution is -0.137. The summed E-state index contributed by atoms with van der Waals surface area (Å²) in [5.41, 5.74) is 0. The molecule has 0 saturated carbocycles. The molecule has 0 spiro atoms. The van der Waals surface area contributed by atoms with Gasteiger partial charge in [0.15, 0.2) is 0 Å². The second kappa shape index (κ2) is 10.3. The Labute approximate surface area is 85.4 Å². The predicted molar refractivity (Wildman–Crippen MR) is 56.2 cm³/mol. The summed E-state index contributed by atoms with van der Waals surface area (Å²) in [5.74, 6) is -0.698. The van der Waals surface area contributed by atoms with Gasteiger partial charge in [0.05, 0.1) is 6.61 Å². The number of unbranched alkanes of at least 4 members (excludes halogenated alkanes) is 5. The Balaban J connectivity index is 2.99. The highest BCUT2D eigenvalue weighted by Crippen LogP contribution is 2.07. The first-order valence-electron chi connectivity index (χ1n) is 5.25. The van der Waals surface area contributed by atoms with E-state index in [1.807, 2.05) is 6.08 Å². The summed E-state index contributed by atoms with van der Waals surface area (Å²) < 4.78 is 0. The Morgan fingerprint density at radius 1 is 1.00 bits per heavy atom. The third-order valence-electron chi connectivity index (χ3n) is 2.03. The summed E-state index contributed by atoms with van der Waals surface area (Å²) in [4.78, 5) is 10.2. The number of carboxylic acid groups (broad SMARTS) is 1. The number of rotatable bonds is 9. The third kappa shape index (κ3) is 11.2. The SMILES string of the molecule is O=C(O)CCCCCCC/C=C\CO. The lowest BCUT2D eigenvalue weighted by Crippen LogP contribution is -1.93. The molecule has 0 aliphatic carbocycles. The molecule has 3 heteroatoms. The van der Waals surface area contributed by atoms with Gasteiger partial charge in [0.1, 0.15) is 0 Å². The van der Waals surface area contributed by atoms with Crippen LogP contribution in [0.5, 0.6) is 0 Å². The fourth-order valence-corrected chi connectivity index (χ4v) is 1.26. The van der Waals surface area contributed by atoms with Crippen molar-refractivity contribution in [3.05, 3.63) is 12.2 Å². The lowest BCUT2D eigenvalue weighted by Gasteiger charge is -1.97. The Kier molecular flexibility index (Phi) is 9.64. The van der Waals surface area contributed by atoms with Crippen molar-refractivity contribution in [3.63, 3.8) is 0 Å². The fraction of sp³-hybridized carbons (Fsp3) is 0.727. The van der Waals surface area contributed by atoms with Gasteiger partial charge in [-0.1, -0.05) is 31.4 Å². The van der Waals surface area contributed by atoms with Crippen molar-refractivity contribution in [2.75, 3.05) is 6.61 Å². The van der Waals surface area contributed by atoms with E-state index in [1.54, 1.807) is 6.08 Å². The van der Waals surface area contributed by atoms with E-state index >= 15 is 0 Å². The van der Waals surface area contributed by atoms with Crippen LogP contribution in [0.4, 0.5) is 0 Å². The molecule has 0 amide bonds. The van der Waals surface area contributed by atoms with E-state index in [0.717, 1.165) is 38.5 Å². The molecule has 0 unspecified atom stereocenters. The fourth-order valence-electron chi connectivity index (χ4n) is 1.26. The first kappa shape index (κ1) is 13.2. The van der Waals surface area contributed by atoms with Crippen molar-refractivity contribution >= 4 is 5.97 Å². The molecule has 82 valence electrons. The maximum absolute atomic E-state index is 10.2. The van der Waals surface area contributed by atoms with Gasteiger partial charge < -0.3 is 10.2 Å². The van der Waals surface area contributed by atoms with E-state index in [2.05, 4.69) is 0 Å². The topological polar surface area (TPSA) is 57.5 Å². The third-order valence-corrected chi connectivity index (χ3v) is 2.03. The summed E-state index contributed by atoms with van der Waals surface area (Å²) in [6.45, 7) is 0.124. The molecule has 0 bridgehead atoms. The van der Waals surface area contributed by atoms with Crippen LogP contribution in [0.15, 0.2) is 12.2 Å². The van der Waals surface area contributed by atoms with Gasteiger partial charge in [0.2, 0.25) is 0 Å². The van der Waals surface area contributed by atoms with Gasteiger partial charge in [-0.05, 0) is 19.3 Å². The van der Waals surface area contributed by atoms with E-state index < -0.39 is 5.97 Å². The molecule has 0 rings (SSSR count). The first-order valence-corrected chi connectivity index (χ1v) is 5.25. The normalized spacial score (nSPS) is 10.9. The second-order valence-corrected chi connectivity index (χ2v) is 3.35. The number of hydrogen-bond acceptors (Lipinski definition) is 2. The minimum absolute atomic E-state index is 0.124. The zero-order valence-corrected chi connectivity index (χ0v) is 8.61. The van der Waals surface area contributed by atoms with Gasteiger partial charge in [0, 0.05) is 6.42 Å². The summed E-state index contributed by atoms with van der Waals surface area (Å²) in [7, 11) is 0. The number of allylic oxidation sites excluding steroid dienone is 1. The van der Waals surface area contributed by atoms with Crippen LogP contribution in [-0.2, 0) is 4.79 Å². The van der Waals surface area contributed by atoms with E-state index in [-0.39, 0.29) is 6.61 Å². The number of carboxylic acids is 1. The van der Waals surface area contributed by atoms with E-state index in [0.29, 0.717) is 6.42 Å². The molecule has 0 aliphatic heterocycles. The minimum Gasteiger partial charge on any atom is -0.481 e. The quantitative estimate of drug-likeness (QED) is 0.443. The van der Waals surface area contributed by atoms with Crippen LogP contribution in [0.2, 0.25) is 0 Å². The summed E-state index contributed by atoms with van der Waals surface area (Å²) in [6, 6.07) is 0. The number of carbonyl (C=O) groups is 1. The summed E-state index contributed by atoms with van der Waals surface area (Å²) in [5, 5.41) is 16.8. The van der Waals surface area contributed by atoms with E-state index in [1.165, 1.54) is 0 Å². The maximum atomic E-state index is 10.2. The van der Waals surface area contributed by atoms with Crippen LogP contribution >= 0.6 is 0 Å². The van der Waals surface area contributed by atoms with Crippen molar-refractivity contribution in [2.24, 2.45) is 0 Å². The average molecular weight is 200 g/mol. The van der Waals surface area contributed by atoms with Crippen LogP contribution in [0.3, 0.4) is 0 Å². The molecule has 2 N–H and O–H groups in total. The van der Waals surface area contributed by atoms with Crippen LogP contribution in [-0.4, -0.2) is 22.8 Å². The minimum atomic E-state index is -0.698. The van der Waals surface area contributed by atoms with Crippen molar-refractivity contribution in [2.45, 2.75) is 44.9 Å². The standard InChI is InChI=1S/C11H20O3/c12-10-8-6-4-2-1-3-5-7-9-11(13)14/h6,8,12H,1-5,7,9-10H2,(H,13,14)/b8-6-. The molecule has 0 aliphatic rings. The largest absolute Gasteiger partial charge is 0.481 e. The predicted octanol–water partition coefficient (Wildman–Crippen LogP) is 2.35. The first-order chi connectivity index (χ1) is 6.77. The van der Waals surface area contributed by atoms with Gasteiger partial charge in [-0.15, -0.1) is 0 Å². The zero-order valence-electron chi connectivity index (χ0n) is 8.61. The molecule has 0 aromatic carbocycles. The molecule has 0 saturated heterocycles. The summed E-state index contributed by atoms with van der Waals surface area (Å²) >= 11 is 0. The lowest BCUT2D eigenvalue weighted by atomic mass is 10.1. The average Bonchev–Trinajstić information content (AvgIpc) is 2.15. The van der Waals surface area contributed by atoms with Crippen molar-refractivity contribution < 1.29 is 15.0 Å². The maximum Gasteiger partial charge on any atom is 0.303 e. The van der Waals surface area contributed by atoms with E-state index in [4.69, 9.17) is 10.2 Å². The number of aliphatic hydroxyl groups is 1. The molecule has 0 radical (unpaired) electrons. The highest BCUT2D eigenvalue weighted by atomic mass is 16.4. The molecule has 0 aromatic heterocycles. The highest BCUT2D eigenvalue weighted by Gasteiger charge is 1.95. The van der Waals surface area contributed by atoms with Gasteiger partial charge in [0.25, 0.3) is 0 Å². The van der Waals surface area contributed by atoms with Gasteiger partial charge in [-0.2, -0.15) is 0 Å². The summed E-state index contributed by atoms with van der Waals surface area (Å²) in [6.07, 6.45) is 10.2. The van der Waals surface area contributed by atoms with Crippen LogP contribution < -0.4 is 0 Å². The Bertz CT molecular complexity index is 164. The van der Waals surface area contributed by atoms with Gasteiger partial charge in [-0.3, -0.25) is 4.79 Å². The zero-order chi connectivity index (χ0) is 10.6. The Morgan fingerprint density at radius 3 is 2.29 bits per heavy atom. The smallest absolute Gasteiger partial charge is 0.303 e. The molecular weight excluding hydrogens is 180 g/mol. The number of aliphatic carboxylic acids is 1. The highest BCUT2D eigenvalue weighted by molar-refractivity contribution is 5.66. The van der Waals surface area contributed by atoms with Crippen molar-refractivity contribution in [3.8, 4) is 0 Å². The van der Waals surface area contributed by atoms with Crippen molar-refractivity contribution in [1.29, 1.82) is 0 Å². The molecular formula is C11H20O3. The molecule has 0 heterocycles. The van der Waals surface area contributed by atoms with Crippen LogP contribution in [0.25, 0.3) is 0 Å². The molecule has 0 atom stereocenters. The molecule has 14 heavy (non-hydrogen) atoms. The molecule has 3 nitrogen and oxygen atoms in total. The number of aliphatic hydroxyl groups excluding tert-OH is 1. The van der Waals surface area contributed by atoms with E-state index in [9.17, 15) is 4.79 Å².